The Hall–Kier alpha value is -0.120. The average Bonchev–Trinajstić information content (AvgIpc) is 2.32. The summed E-state index contributed by atoms with van der Waals surface area (Å²) >= 11 is 0. The Morgan fingerprint density at radius 1 is 1.18 bits per heavy atom. The van der Waals surface area contributed by atoms with Gasteiger partial charge in [-0.3, -0.25) is 4.90 Å². The highest BCUT2D eigenvalue weighted by Crippen LogP contribution is 2.00. The smallest absolute Gasteiger partial charge is 0.0593 e. The van der Waals surface area contributed by atoms with Gasteiger partial charge >= 0.3 is 0 Å². The van der Waals surface area contributed by atoms with Crippen molar-refractivity contribution in [1.29, 1.82) is 0 Å². The van der Waals surface area contributed by atoms with Crippen molar-refractivity contribution < 1.29 is 4.74 Å². The van der Waals surface area contributed by atoms with E-state index in [2.05, 4.69) is 37.9 Å². The quantitative estimate of drug-likeness (QED) is 0.565. The predicted molar refractivity (Wildman–Crippen MR) is 75.6 cm³/mol. The maximum absolute atomic E-state index is 5.42. The van der Waals surface area contributed by atoms with Crippen LogP contribution in [0.4, 0.5) is 0 Å². The summed E-state index contributed by atoms with van der Waals surface area (Å²) in [6, 6.07) is 1.22. The Labute approximate surface area is 108 Å². The zero-order valence-electron chi connectivity index (χ0n) is 12.5. The van der Waals surface area contributed by atoms with Gasteiger partial charge in [0.05, 0.1) is 6.61 Å². The van der Waals surface area contributed by atoms with Gasteiger partial charge in [-0.1, -0.05) is 20.3 Å². The lowest BCUT2D eigenvalue weighted by Crippen LogP contribution is -2.44. The summed E-state index contributed by atoms with van der Waals surface area (Å²) in [4.78, 5) is 2.47. The van der Waals surface area contributed by atoms with Gasteiger partial charge < -0.3 is 10.1 Å². The van der Waals surface area contributed by atoms with Crippen LogP contribution in [0, 0.1) is 0 Å². The first kappa shape index (κ1) is 16.9. The van der Waals surface area contributed by atoms with Crippen LogP contribution in [0.1, 0.15) is 47.5 Å². The van der Waals surface area contributed by atoms with Gasteiger partial charge in [0.1, 0.15) is 0 Å². The average molecular weight is 244 g/mol. The standard InChI is InChI=1S/C14H32N2O/c1-6-9-13(4)15-12-14(5)16(7-2)10-11-17-8-3/h13-15H,6-12H2,1-5H3. The monoisotopic (exact) mass is 244 g/mol. The summed E-state index contributed by atoms with van der Waals surface area (Å²) in [6.45, 7) is 15.9. The van der Waals surface area contributed by atoms with Crippen molar-refractivity contribution in [3.8, 4) is 0 Å². The molecule has 0 aliphatic heterocycles. The van der Waals surface area contributed by atoms with Crippen LogP contribution in [0.25, 0.3) is 0 Å². The van der Waals surface area contributed by atoms with E-state index in [0.717, 1.165) is 32.8 Å². The largest absolute Gasteiger partial charge is 0.380 e. The number of nitrogens with zero attached hydrogens (tertiary/aromatic N) is 1. The van der Waals surface area contributed by atoms with Crippen LogP contribution >= 0.6 is 0 Å². The minimum Gasteiger partial charge on any atom is -0.380 e. The number of likely N-dealkylation sites (N-methyl/N-ethyl adjacent to an activating group) is 1. The summed E-state index contributed by atoms with van der Waals surface area (Å²) in [5.41, 5.74) is 0. The van der Waals surface area contributed by atoms with Crippen LogP contribution in [0.15, 0.2) is 0 Å². The topological polar surface area (TPSA) is 24.5 Å². The molecule has 2 unspecified atom stereocenters. The lowest BCUT2D eigenvalue weighted by atomic mass is 10.2. The molecule has 3 heteroatoms. The van der Waals surface area contributed by atoms with Crippen LogP contribution in [-0.4, -0.2) is 49.8 Å². The van der Waals surface area contributed by atoms with Gasteiger partial charge in [0.25, 0.3) is 0 Å². The summed E-state index contributed by atoms with van der Waals surface area (Å²) in [5.74, 6) is 0. The minimum absolute atomic E-state index is 0.583. The number of ether oxygens (including phenoxy) is 1. The number of rotatable bonds is 11. The lowest BCUT2D eigenvalue weighted by molar-refractivity contribution is 0.0992. The first-order valence-corrected chi connectivity index (χ1v) is 7.20. The highest BCUT2D eigenvalue weighted by atomic mass is 16.5. The molecular weight excluding hydrogens is 212 g/mol. The molecule has 0 fully saturated rings. The Balaban J connectivity index is 3.78. The highest BCUT2D eigenvalue weighted by Gasteiger charge is 2.12. The molecule has 0 aromatic carbocycles. The minimum atomic E-state index is 0.583. The fourth-order valence-electron chi connectivity index (χ4n) is 2.05. The highest BCUT2D eigenvalue weighted by molar-refractivity contribution is 4.71. The van der Waals surface area contributed by atoms with Crippen molar-refractivity contribution in [3.05, 3.63) is 0 Å². The molecule has 0 aromatic heterocycles. The Bertz CT molecular complexity index is 164. The van der Waals surface area contributed by atoms with Gasteiger partial charge in [0.15, 0.2) is 0 Å². The Morgan fingerprint density at radius 2 is 1.88 bits per heavy atom. The zero-order chi connectivity index (χ0) is 13.1. The van der Waals surface area contributed by atoms with Crippen molar-refractivity contribution in [2.75, 3.05) is 32.8 Å². The third-order valence-corrected chi connectivity index (χ3v) is 3.24. The summed E-state index contributed by atoms with van der Waals surface area (Å²) in [5, 5.41) is 3.61. The van der Waals surface area contributed by atoms with Crippen molar-refractivity contribution >= 4 is 0 Å². The fourth-order valence-corrected chi connectivity index (χ4v) is 2.05. The van der Waals surface area contributed by atoms with Crippen molar-refractivity contribution in [2.24, 2.45) is 0 Å². The van der Waals surface area contributed by atoms with E-state index in [4.69, 9.17) is 4.74 Å². The molecule has 1 N–H and O–H groups in total. The van der Waals surface area contributed by atoms with Crippen LogP contribution in [0.5, 0.6) is 0 Å². The molecule has 0 heterocycles. The van der Waals surface area contributed by atoms with E-state index in [1.807, 2.05) is 6.92 Å². The van der Waals surface area contributed by atoms with Crippen LogP contribution in [0.3, 0.4) is 0 Å². The van der Waals surface area contributed by atoms with Gasteiger partial charge in [-0.25, -0.2) is 0 Å². The van der Waals surface area contributed by atoms with Crippen LogP contribution < -0.4 is 5.32 Å². The van der Waals surface area contributed by atoms with Crippen molar-refractivity contribution in [1.82, 2.24) is 10.2 Å². The van der Waals surface area contributed by atoms with Gasteiger partial charge in [0.2, 0.25) is 0 Å². The second-order valence-electron chi connectivity index (χ2n) is 4.77. The molecule has 0 bridgehead atoms. The van der Waals surface area contributed by atoms with E-state index in [9.17, 15) is 0 Å². The second kappa shape index (κ2) is 11.0. The van der Waals surface area contributed by atoms with Gasteiger partial charge in [-0.05, 0) is 33.7 Å². The van der Waals surface area contributed by atoms with Gasteiger partial charge in [0, 0.05) is 31.8 Å². The third-order valence-electron chi connectivity index (χ3n) is 3.24. The molecule has 0 amide bonds. The molecular formula is C14H32N2O. The summed E-state index contributed by atoms with van der Waals surface area (Å²) in [6.07, 6.45) is 2.52. The maximum atomic E-state index is 5.42. The lowest BCUT2D eigenvalue weighted by Gasteiger charge is -2.29. The van der Waals surface area contributed by atoms with Crippen molar-refractivity contribution in [3.63, 3.8) is 0 Å². The third kappa shape index (κ3) is 8.58. The zero-order valence-corrected chi connectivity index (χ0v) is 12.5. The van der Waals surface area contributed by atoms with E-state index in [0.29, 0.717) is 12.1 Å². The molecule has 0 aromatic rings. The molecule has 0 saturated carbocycles. The molecule has 3 nitrogen and oxygen atoms in total. The second-order valence-corrected chi connectivity index (χ2v) is 4.77. The van der Waals surface area contributed by atoms with Crippen LogP contribution in [-0.2, 0) is 4.74 Å². The normalized spacial score (nSPS) is 15.2. The molecule has 0 spiro atoms. The first-order chi connectivity index (χ1) is 8.15. The first-order valence-electron chi connectivity index (χ1n) is 7.20. The summed E-state index contributed by atoms with van der Waals surface area (Å²) in [7, 11) is 0. The molecule has 17 heavy (non-hydrogen) atoms. The molecule has 104 valence electrons. The fraction of sp³-hybridized carbons (Fsp3) is 1.00. The Morgan fingerprint density at radius 3 is 2.41 bits per heavy atom. The SMILES string of the molecule is CCCC(C)NCC(C)N(CC)CCOCC. The number of hydrogen-bond donors (Lipinski definition) is 1. The van der Waals surface area contributed by atoms with Crippen molar-refractivity contribution in [2.45, 2.75) is 59.5 Å². The molecule has 0 radical (unpaired) electrons. The maximum Gasteiger partial charge on any atom is 0.0593 e. The van der Waals surface area contributed by atoms with Crippen LogP contribution in [0.2, 0.25) is 0 Å². The predicted octanol–water partition coefficient (Wildman–Crippen LogP) is 2.51. The van der Waals surface area contributed by atoms with E-state index < -0.39 is 0 Å². The molecule has 0 saturated heterocycles. The number of nitrogens with one attached hydrogen (secondary N) is 1. The van der Waals surface area contributed by atoms with E-state index >= 15 is 0 Å². The van der Waals surface area contributed by atoms with E-state index in [-0.39, 0.29) is 0 Å². The molecule has 0 aliphatic rings. The van der Waals surface area contributed by atoms with Gasteiger partial charge in [-0.2, -0.15) is 0 Å². The molecule has 0 rings (SSSR count). The number of hydrogen-bond acceptors (Lipinski definition) is 3. The molecule has 0 aliphatic carbocycles. The van der Waals surface area contributed by atoms with E-state index in [1.54, 1.807) is 0 Å². The summed E-state index contributed by atoms with van der Waals surface area (Å²) < 4.78 is 5.42. The van der Waals surface area contributed by atoms with Gasteiger partial charge in [-0.15, -0.1) is 0 Å². The Kier molecular flexibility index (Phi) is 10.9. The van der Waals surface area contributed by atoms with E-state index in [1.165, 1.54) is 12.8 Å². The molecule has 2 atom stereocenters.